The molecule has 3 aromatic rings. The number of esters is 2. The van der Waals surface area contributed by atoms with E-state index in [9.17, 15) is 19.2 Å². The Morgan fingerprint density at radius 2 is 1.54 bits per heavy atom. The van der Waals surface area contributed by atoms with Gasteiger partial charge in [-0.05, 0) is 67.6 Å². The molecule has 0 aliphatic carbocycles. The minimum absolute atomic E-state index is 0.0410. The fourth-order valence-electron chi connectivity index (χ4n) is 3.64. The van der Waals surface area contributed by atoms with E-state index in [4.69, 9.17) is 9.47 Å². The topological polar surface area (TPSA) is 90.0 Å². The van der Waals surface area contributed by atoms with Crippen molar-refractivity contribution in [3.05, 3.63) is 94.0 Å². The van der Waals surface area contributed by atoms with Gasteiger partial charge in [0.25, 0.3) is 0 Å². The van der Waals surface area contributed by atoms with Gasteiger partial charge >= 0.3 is 11.9 Å². The lowest BCUT2D eigenvalue weighted by molar-refractivity contribution is -0.147. The average Bonchev–Trinajstić information content (AvgIpc) is 3.25. The first-order valence-electron chi connectivity index (χ1n) is 10.9. The number of benzene rings is 3. The Morgan fingerprint density at radius 1 is 0.914 bits per heavy atom. The van der Waals surface area contributed by atoms with Gasteiger partial charge in [-0.2, -0.15) is 0 Å². The van der Waals surface area contributed by atoms with E-state index in [0.29, 0.717) is 11.1 Å². The number of aryl methyl sites for hydroxylation is 1. The van der Waals surface area contributed by atoms with E-state index in [1.54, 1.807) is 29.2 Å². The summed E-state index contributed by atoms with van der Waals surface area (Å²) in [5.41, 5.74) is 2.51. The molecule has 8 heteroatoms. The van der Waals surface area contributed by atoms with Gasteiger partial charge in [0.2, 0.25) is 5.91 Å². The van der Waals surface area contributed by atoms with Crippen LogP contribution in [0.15, 0.2) is 77.3 Å². The largest absolute Gasteiger partial charge is 0.457 e. The van der Waals surface area contributed by atoms with Crippen molar-refractivity contribution in [3.63, 3.8) is 0 Å². The zero-order valence-corrected chi connectivity index (χ0v) is 20.5. The van der Waals surface area contributed by atoms with Gasteiger partial charge in [-0.25, -0.2) is 4.79 Å². The number of carbonyl (C=O) groups is 4. The molecule has 0 spiro atoms. The van der Waals surface area contributed by atoms with E-state index in [0.717, 1.165) is 15.7 Å². The van der Waals surface area contributed by atoms with Crippen molar-refractivity contribution in [3.8, 4) is 5.75 Å². The number of amides is 1. The molecule has 0 unspecified atom stereocenters. The molecule has 1 amide bonds. The highest BCUT2D eigenvalue weighted by atomic mass is 79.9. The number of halogens is 1. The Morgan fingerprint density at radius 3 is 2.20 bits per heavy atom. The van der Waals surface area contributed by atoms with Crippen molar-refractivity contribution in [2.24, 2.45) is 5.92 Å². The van der Waals surface area contributed by atoms with E-state index < -0.39 is 30.2 Å². The summed E-state index contributed by atoms with van der Waals surface area (Å²) >= 11 is 3.31. The van der Waals surface area contributed by atoms with Crippen molar-refractivity contribution in [2.45, 2.75) is 13.3 Å². The standard InChI is InChI=1S/C27H22BrNO6/c1-17-2-10-22(11-3-17)29-15-20(14-25(29)31)26(32)34-16-24(30)18-6-12-23(13-7-18)35-27(33)19-4-8-21(28)9-5-19/h2-13,20H,14-16H2,1H3/t20-/m1/s1. The van der Waals surface area contributed by atoms with Gasteiger partial charge in [-0.1, -0.05) is 33.6 Å². The summed E-state index contributed by atoms with van der Waals surface area (Å²) in [5, 5.41) is 0. The Hall–Kier alpha value is -3.78. The van der Waals surface area contributed by atoms with Gasteiger partial charge in [0.05, 0.1) is 11.5 Å². The van der Waals surface area contributed by atoms with Gasteiger partial charge in [0.1, 0.15) is 5.75 Å². The summed E-state index contributed by atoms with van der Waals surface area (Å²) in [7, 11) is 0. The van der Waals surface area contributed by atoms with Crippen LogP contribution >= 0.6 is 15.9 Å². The third-order valence-corrected chi connectivity index (χ3v) is 6.14. The third kappa shape index (κ3) is 6.02. The summed E-state index contributed by atoms with van der Waals surface area (Å²) in [6, 6.07) is 20.2. The highest BCUT2D eigenvalue weighted by Crippen LogP contribution is 2.26. The van der Waals surface area contributed by atoms with E-state index in [1.807, 2.05) is 31.2 Å². The number of hydrogen-bond acceptors (Lipinski definition) is 6. The molecule has 0 bridgehead atoms. The number of ketones is 1. The first-order chi connectivity index (χ1) is 16.8. The molecule has 1 saturated heterocycles. The second kappa shape index (κ2) is 10.7. The van der Waals surface area contributed by atoms with Crippen LogP contribution in [0.1, 0.15) is 32.7 Å². The second-order valence-corrected chi connectivity index (χ2v) is 9.11. The number of carbonyl (C=O) groups excluding carboxylic acids is 4. The minimum atomic E-state index is -0.628. The van der Waals surface area contributed by atoms with Crippen LogP contribution in [0, 0.1) is 12.8 Å². The van der Waals surface area contributed by atoms with Gasteiger partial charge in [-0.3, -0.25) is 14.4 Å². The van der Waals surface area contributed by atoms with Gasteiger partial charge in [0, 0.05) is 28.7 Å². The van der Waals surface area contributed by atoms with Crippen LogP contribution in [0.3, 0.4) is 0 Å². The van der Waals surface area contributed by atoms with E-state index in [-0.39, 0.29) is 24.6 Å². The fourth-order valence-corrected chi connectivity index (χ4v) is 3.90. The third-order valence-electron chi connectivity index (χ3n) is 5.62. The monoisotopic (exact) mass is 535 g/mol. The number of nitrogens with zero attached hydrogens (tertiary/aromatic N) is 1. The fraction of sp³-hybridized carbons (Fsp3) is 0.185. The summed E-state index contributed by atoms with van der Waals surface area (Å²) < 4.78 is 11.4. The molecule has 0 aromatic heterocycles. The molecule has 0 radical (unpaired) electrons. The van der Waals surface area contributed by atoms with Crippen molar-refractivity contribution >= 4 is 45.2 Å². The lowest BCUT2D eigenvalue weighted by atomic mass is 10.1. The maximum Gasteiger partial charge on any atom is 0.343 e. The van der Waals surface area contributed by atoms with Crippen molar-refractivity contribution in [2.75, 3.05) is 18.1 Å². The molecule has 7 nitrogen and oxygen atoms in total. The van der Waals surface area contributed by atoms with Crippen LogP contribution in [0.4, 0.5) is 5.69 Å². The normalized spacial score (nSPS) is 15.1. The number of ether oxygens (including phenoxy) is 2. The number of hydrogen-bond donors (Lipinski definition) is 0. The smallest absolute Gasteiger partial charge is 0.343 e. The lowest BCUT2D eigenvalue weighted by Gasteiger charge is -2.16. The number of Topliss-reactive ketones (excluding diaryl/α,β-unsaturated/α-hetero) is 1. The average molecular weight is 536 g/mol. The minimum Gasteiger partial charge on any atom is -0.457 e. The Bertz CT molecular complexity index is 1250. The quantitative estimate of drug-likeness (QED) is 0.246. The molecular weight excluding hydrogens is 514 g/mol. The van der Waals surface area contributed by atoms with Gasteiger partial charge in [0.15, 0.2) is 12.4 Å². The molecule has 1 fully saturated rings. The van der Waals surface area contributed by atoms with E-state index >= 15 is 0 Å². The summed E-state index contributed by atoms with van der Waals surface area (Å²) in [5.74, 6) is -2.00. The first kappa shape index (κ1) is 24.3. The number of rotatable bonds is 7. The molecule has 4 rings (SSSR count). The van der Waals surface area contributed by atoms with E-state index in [2.05, 4.69) is 15.9 Å². The molecule has 178 valence electrons. The highest BCUT2D eigenvalue weighted by Gasteiger charge is 2.36. The molecule has 1 atom stereocenters. The lowest BCUT2D eigenvalue weighted by Crippen LogP contribution is -2.27. The SMILES string of the molecule is Cc1ccc(N2C[C@H](C(=O)OCC(=O)c3ccc(OC(=O)c4ccc(Br)cc4)cc3)CC2=O)cc1. The molecule has 1 aliphatic heterocycles. The maximum atomic E-state index is 12.5. The molecule has 1 aliphatic rings. The van der Waals surface area contributed by atoms with Crippen LogP contribution in [-0.2, 0) is 14.3 Å². The first-order valence-corrected chi connectivity index (χ1v) is 11.7. The van der Waals surface area contributed by atoms with Crippen LogP contribution in [0.5, 0.6) is 5.75 Å². The molecule has 3 aromatic carbocycles. The van der Waals surface area contributed by atoms with Crippen molar-refractivity contribution in [1.29, 1.82) is 0 Å². The molecular formula is C27H22BrNO6. The molecule has 35 heavy (non-hydrogen) atoms. The Labute approximate surface area is 210 Å². The maximum absolute atomic E-state index is 12.5. The van der Waals surface area contributed by atoms with E-state index in [1.165, 1.54) is 24.3 Å². The highest BCUT2D eigenvalue weighted by molar-refractivity contribution is 9.10. The van der Waals surface area contributed by atoms with Crippen LogP contribution in [0.25, 0.3) is 0 Å². The predicted molar refractivity (Wildman–Crippen MR) is 132 cm³/mol. The van der Waals surface area contributed by atoms with Crippen molar-refractivity contribution in [1.82, 2.24) is 0 Å². The summed E-state index contributed by atoms with van der Waals surface area (Å²) in [6.45, 7) is 1.73. The Kier molecular flexibility index (Phi) is 7.41. The van der Waals surface area contributed by atoms with Gasteiger partial charge in [-0.15, -0.1) is 0 Å². The van der Waals surface area contributed by atoms with Crippen molar-refractivity contribution < 1.29 is 28.7 Å². The Balaban J connectivity index is 1.28. The molecule has 0 N–H and O–H groups in total. The number of anilines is 1. The summed E-state index contributed by atoms with van der Waals surface area (Å²) in [4.78, 5) is 51.1. The second-order valence-electron chi connectivity index (χ2n) is 8.19. The molecule has 1 heterocycles. The zero-order valence-electron chi connectivity index (χ0n) is 18.9. The zero-order chi connectivity index (χ0) is 24.9. The predicted octanol–water partition coefficient (Wildman–Crippen LogP) is 4.76. The van der Waals surface area contributed by atoms with Gasteiger partial charge < -0.3 is 14.4 Å². The summed E-state index contributed by atoms with van der Waals surface area (Å²) in [6.07, 6.45) is 0.0410. The van der Waals surface area contributed by atoms with Crippen LogP contribution in [-0.4, -0.2) is 36.8 Å². The molecule has 0 saturated carbocycles. The van der Waals surface area contributed by atoms with Crippen LogP contribution in [0.2, 0.25) is 0 Å². The van der Waals surface area contributed by atoms with Crippen LogP contribution < -0.4 is 9.64 Å².